The van der Waals surface area contributed by atoms with Gasteiger partial charge >= 0.3 is 6.09 Å². The molecular formula is C32H43N3O5. The van der Waals surface area contributed by atoms with Gasteiger partial charge in [-0.2, -0.15) is 0 Å². The van der Waals surface area contributed by atoms with Gasteiger partial charge in [-0.15, -0.1) is 6.42 Å². The van der Waals surface area contributed by atoms with Gasteiger partial charge in [0, 0.05) is 17.3 Å². The number of alkyl carbamates (subject to hydrolysis) is 1. The van der Waals surface area contributed by atoms with E-state index in [1.807, 2.05) is 32.0 Å². The number of terminal acetylenes is 1. The number of aryl methyl sites for hydroxylation is 1. The fraction of sp³-hybridized carbons (Fsp3) is 0.469. The van der Waals surface area contributed by atoms with Gasteiger partial charge < -0.3 is 25.4 Å². The molecule has 8 nitrogen and oxygen atoms in total. The van der Waals surface area contributed by atoms with Crippen molar-refractivity contribution < 1.29 is 24.2 Å². The molecule has 216 valence electrons. The first kappa shape index (κ1) is 32.4. The van der Waals surface area contributed by atoms with E-state index in [-0.39, 0.29) is 0 Å². The number of hydrogen-bond donors (Lipinski definition) is 3. The maximum atomic E-state index is 14.2. The lowest BCUT2D eigenvalue weighted by Gasteiger charge is -2.39. The van der Waals surface area contributed by atoms with Crippen LogP contribution in [0.15, 0.2) is 48.5 Å². The minimum absolute atomic E-state index is 0.352. The first-order valence-corrected chi connectivity index (χ1v) is 13.6. The number of hydrogen-bond acceptors (Lipinski definition) is 5. The van der Waals surface area contributed by atoms with Gasteiger partial charge in [-0.1, -0.05) is 56.2 Å². The molecule has 3 atom stereocenters. The molecule has 0 spiro atoms. The van der Waals surface area contributed by atoms with Crippen LogP contribution in [-0.4, -0.2) is 52.2 Å². The molecule has 0 fully saturated rings. The van der Waals surface area contributed by atoms with Crippen molar-refractivity contribution >= 4 is 23.6 Å². The highest BCUT2D eigenvalue weighted by atomic mass is 16.6. The second-order valence-corrected chi connectivity index (χ2v) is 11.4. The molecule has 3 amide bonds. The highest BCUT2D eigenvalue weighted by Gasteiger charge is 2.39. The van der Waals surface area contributed by atoms with E-state index in [4.69, 9.17) is 11.2 Å². The van der Waals surface area contributed by atoms with E-state index in [0.29, 0.717) is 29.2 Å². The SMILES string of the molecule is C#Cc1ccccc1C(C(=O)Nc1ccccc1C)N(C(=O)C(CO)NC(=O)OC(C)(C)C)C(C)CCC(C)C. The molecule has 0 saturated heterocycles. The minimum atomic E-state index is -1.34. The molecule has 2 aromatic carbocycles. The van der Waals surface area contributed by atoms with Crippen LogP contribution in [0.4, 0.5) is 10.5 Å². The lowest BCUT2D eigenvalue weighted by Crippen LogP contribution is -2.56. The lowest BCUT2D eigenvalue weighted by atomic mass is 9.94. The van der Waals surface area contributed by atoms with Crippen molar-refractivity contribution in [3.05, 3.63) is 65.2 Å². The van der Waals surface area contributed by atoms with E-state index in [1.165, 1.54) is 4.90 Å². The average molecular weight is 550 g/mol. The van der Waals surface area contributed by atoms with Crippen LogP contribution in [0.2, 0.25) is 0 Å². The van der Waals surface area contributed by atoms with E-state index in [0.717, 1.165) is 12.0 Å². The van der Waals surface area contributed by atoms with Crippen molar-refractivity contribution in [2.24, 2.45) is 5.92 Å². The van der Waals surface area contributed by atoms with E-state index < -0.39 is 48.2 Å². The van der Waals surface area contributed by atoms with Crippen molar-refractivity contribution in [2.45, 2.75) is 85.0 Å². The molecule has 0 heterocycles. The third-order valence-corrected chi connectivity index (χ3v) is 6.40. The van der Waals surface area contributed by atoms with Gasteiger partial charge in [-0.3, -0.25) is 9.59 Å². The summed E-state index contributed by atoms with van der Waals surface area (Å²) in [4.78, 5) is 42.3. The van der Waals surface area contributed by atoms with Crippen molar-refractivity contribution in [1.82, 2.24) is 10.2 Å². The van der Waals surface area contributed by atoms with Crippen molar-refractivity contribution in [3.63, 3.8) is 0 Å². The number of benzene rings is 2. The second kappa shape index (κ2) is 14.5. The zero-order valence-corrected chi connectivity index (χ0v) is 24.7. The topological polar surface area (TPSA) is 108 Å². The monoisotopic (exact) mass is 549 g/mol. The summed E-state index contributed by atoms with van der Waals surface area (Å²) in [5, 5.41) is 15.7. The summed E-state index contributed by atoms with van der Waals surface area (Å²) in [6.07, 6.45) is 6.35. The highest BCUT2D eigenvalue weighted by Crippen LogP contribution is 2.31. The Hall–Kier alpha value is -3.83. The quantitative estimate of drug-likeness (QED) is 0.334. The smallest absolute Gasteiger partial charge is 0.408 e. The third-order valence-electron chi connectivity index (χ3n) is 6.40. The summed E-state index contributed by atoms with van der Waals surface area (Å²) in [6.45, 7) is 12.3. The predicted octanol–water partition coefficient (Wildman–Crippen LogP) is 5.20. The number of carbonyl (C=O) groups is 3. The average Bonchev–Trinajstić information content (AvgIpc) is 2.88. The van der Waals surface area contributed by atoms with Crippen LogP contribution >= 0.6 is 0 Å². The Morgan fingerprint density at radius 1 is 1.02 bits per heavy atom. The van der Waals surface area contributed by atoms with Gasteiger partial charge in [0.05, 0.1) is 6.61 Å². The first-order chi connectivity index (χ1) is 18.8. The highest BCUT2D eigenvalue weighted by molar-refractivity contribution is 5.99. The Bertz CT molecular complexity index is 1210. The number of ether oxygens (including phenoxy) is 1. The number of rotatable bonds is 11. The molecule has 0 aliphatic carbocycles. The summed E-state index contributed by atoms with van der Waals surface area (Å²) in [7, 11) is 0. The zero-order chi connectivity index (χ0) is 30.0. The largest absolute Gasteiger partial charge is 0.444 e. The number of amides is 3. The molecular weight excluding hydrogens is 506 g/mol. The Labute approximate surface area is 238 Å². The van der Waals surface area contributed by atoms with Gasteiger partial charge in [-0.05, 0) is 76.6 Å². The number of aliphatic hydroxyl groups is 1. The number of para-hydroxylation sites is 1. The zero-order valence-electron chi connectivity index (χ0n) is 24.7. The number of aliphatic hydroxyl groups excluding tert-OH is 1. The number of nitrogens with zero attached hydrogens (tertiary/aromatic N) is 1. The third kappa shape index (κ3) is 9.13. The summed E-state index contributed by atoms with van der Waals surface area (Å²) in [5.41, 5.74) is 1.57. The molecule has 0 saturated carbocycles. The molecule has 8 heteroatoms. The second-order valence-electron chi connectivity index (χ2n) is 11.4. The maximum Gasteiger partial charge on any atom is 0.408 e. The van der Waals surface area contributed by atoms with Gasteiger partial charge in [0.15, 0.2) is 0 Å². The fourth-order valence-electron chi connectivity index (χ4n) is 4.33. The van der Waals surface area contributed by atoms with Crippen LogP contribution in [0.3, 0.4) is 0 Å². The van der Waals surface area contributed by atoms with E-state index in [9.17, 15) is 19.5 Å². The maximum absolute atomic E-state index is 14.2. The molecule has 0 aromatic heterocycles. The van der Waals surface area contributed by atoms with E-state index in [1.54, 1.807) is 51.1 Å². The Morgan fingerprint density at radius 3 is 2.23 bits per heavy atom. The van der Waals surface area contributed by atoms with E-state index in [2.05, 4.69) is 30.4 Å². The van der Waals surface area contributed by atoms with Gasteiger partial charge in [0.25, 0.3) is 5.91 Å². The van der Waals surface area contributed by atoms with Crippen LogP contribution in [0, 0.1) is 25.2 Å². The molecule has 40 heavy (non-hydrogen) atoms. The molecule has 0 aliphatic rings. The van der Waals surface area contributed by atoms with Crippen LogP contribution in [0.5, 0.6) is 0 Å². The Kier molecular flexibility index (Phi) is 11.8. The molecule has 2 aromatic rings. The fourth-order valence-corrected chi connectivity index (χ4v) is 4.33. The van der Waals surface area contributed by atoms with Gasteiger partial charge in [0.2, 0.25) is 5.91 Å². The molecule has 0 radical (unpaired) electrons. The lowest BCUT2D eigenvalue weighted by molar-refractivity contribution is -0.144. The number of carbonyl (C=O) groups excluding carboxylic acids is 3. The van der Waals surface area contributed by atoms with Crippen molar-refractivity contribution in [2.75, 3.05) is 11.9 Å². The van der Waals surface area contributed by atoms with Crippen molar-refractivity contribution in [1.29, 1.82) is 0 Å². The molecule has 0 bridgehead atoms. The van der Waals surface area contributed by atoms with Crippen LogP contribution < -0.4 is 10.6 Å². The normalized spacial score (nSPS) is 13.5. The van der Waals surface area contributed by atoms with E-state index >= 15 is 0 Å². The first-order valence-electron chi connectivity index (χ1n) is 13.6. The molecule has 0 aliphatic heterocycles. The van der Waals surface area contributed by atoms with Crippen molar-refractivity contribution in [3.8, 4) is 12.3 Å². The van der Waals surface area contributed by atoms with Gasteiger partial charge in [-0.25, -0.2) is 4.79 Å². The molecule has 2 rings (SSSR count). The minimum Gasteiger partial charge on any atom is -0.444 e. The van der Waals surface area contributed by atoms with Gasteiger partial charge in [0.1, 0.15) is 17.7 Å². The summed E-state index contributed by atoms with van der Waals surface area (Å²) in [5.74, 6) is 1.90. The van der Waals surface area contributed by atoms with Crippen LogP contribution in [-0.2, 0) is 14.3 Å². The summed E-state index contributed by atoms with van der Waals surface area (Å²) in [6, 6.07) is 11.4. The van der Waals surface area contributed by atoms with Crippen LogP contribution in [0.1, 0.15) is 77.1 Å². The van der Waals surface area contributed by atoms with Crippen LogP contribution in [0.25, 0.3) is 0 Å². The molecule has 3 unspecified atom stereocenters. The Morgan fingerprint density at radius 2 is 1.65 bits per heavy atom. The Balaban J connectivity index is 2.64. The predicted molar refractivity (Wildman–Crippen MR) is 158 cm³/mol. The summed E-state index contributed by atoms with van der Waals surface area (Å²) >= 11 is 0. The summed E-state index contributed by atoms with van der Waals surface area (Å²) < 4.78 is 5.32. The number of anilines is 1. The number of nitrogens with one attached hydrogen (secondary N) is 2. The standard InChI is InChI=1S/C32H43N3O5/c1-9-24-15-11-12-16-25(24)28(29(37)33-26-17-13-10-14-22(26)4)35(23(5)19-18-21(2)3)30(38)27(20-36)34-31(39)40-32(6,7)8/h1,10-17,21,23,27-28,36H,18-20H2,2-8H3,(H,33,37)(H,34,39). The molecule has 3 N–H and O–H groups in total.